The number of amides is 1. The first-order valence-corrected chi connectivity index (χ1v) is 14.4. The zero-order chi connectivity index (χ0) is 26.3. The number of benzene rings is 2. The standard InChI is InChI=1S/C28H36N4O4S/c1-30(2)37(34,35)29-28(33)23-17-21(36-4)16-20-18-31(3)14-15-32-24-13-9-8-12-22(24)25(27(32)26(20)23)19-10-6-5-7-11-19/h8-9,12-13,16-17,19H,5-7,10-11,14-15,18H2,1-4H3,(H,29,33). The molecule has 1 aliphatic carbocycles. The highest BCUT2D eigenvalue weighted by molar-refractivity contribution is 7.87. The minimum absolute atomic E-state index is 0.316. The second-order valence-electron chi connectivity index (χ2n) is 10.4. The Morgan fingerprint density at radius 1 is 1.08 bits per heavy atom. The molecule has 1 fully saturated rings. The highest BCUT2D eigenvalue weighted by Gasteiger charge is 2.32. The third-order valence-corrected chi connectivity index (χ3v) is 9.19. The topological polar surface area (TPSA) is 83.9 Å². The smallest absolute Gasteiger partial charge is 0.303 e. The number of ether oxygens (including phenoxy) is 1. The Bertz CT molecular complexity index is 1440. The summed E-state index contributed by atoms with van der Waals surface area (Å²) < 4.78 is 36.5. The first-order chi connectivity index (χ1) is 17.7. The number of nitrogens with one attached hydrogen (secondary N) is 1. The predicted molar refractivity (Wildman–Crippen MR) is 146 cm³/mol. The lowest BCUT2D eigenvalue weighted by Crippen LogP contribution is -2.40. The molecule has 1 amide bonds. The van der Waals surface area contributed by atoms with Crippen LogP contribution in [-0.2, 0) is 23.3 Å². The Hall–Kier alpha value is -2.88. The SMILES string of the molecule is COc1cc2c(c(C(=O)NS(=O)(=O)N(C)C)c1)-c1c(C3CCCCC3)c3ccccc3n1CCN(C)C2. The molecule has 3 aromatic rings. The fraction of sp³-hybridized carbons (Fsp3) is 0.464. The van der Waals surface area contributed by atoms with Crippen LogP contribution >= 0.6 is 0 Å². The lowest BCUT2D eigenvalue weighted by Gasteiger charge is -2.29. The maximum Gasteiger partial charge on any atom is 0.303 e. The van der Waals surface area contributed by atoms with E-state index < -0.39 is 16.1 Å². The number of aromatic nitrogens is 1. The van der Waals surface area contributed by atoms with Crippen molar-refractivity contribution in [3.63, 3.8) is 0 Å². The molecule has 9 heteroatoms. The average Bonchev–Trinajstić information content (AvgIpc) is 3.19. The van der Waals surface area contributed by atoms with E-state index in [1.54, 1.807) is 13.2 Å². The van der Waals surface area contributed by atoms with Crippen molar-refractivity contribution < 1.29 is 17.9 Å². The van der Waals surface area contributed by atoms with Crippen LogP contribution < -0.4 is 9.46 Å². The summed E-state index contributed by atoms with van der Waals surface area (Å²) in [4.78, 5) is 15.9. The highest BCUT2D eigenvalue weighted by Crippen LogP contribution is 2.47. The molecule has 5 rings (SSSR count). The van der Waals surface area contributed by atoms with E-state index in [9.17, 15) is 13.2 Å². The summed E-state index contributed by atoms with van der Waals surface area (Å²) in [5, 5.41) is 1.22. The van der Waals surface area contributed by atoms with Crippen LogP contribution in [-0.4, -0.2) is 62.9 Å². The van der Waals surface area contributed by atoms with E-state index in [1.807, 2.05) is 6.07 Å². The second kappa shape index (κ2) is 10.1. The van der Waals surface area contributed by atoms with E-state index in [0.29, 0.717) is 23.8 Å². The van der Waals surface area contributed by atoms with Gasteiger partial charge in [-0.25, -0.2) is 4.72 Å². The molecule has 0 unspecified atom stereocenters. The maximum atomic E-state index is 13.7. The molecule has 1 aliphatic heterocycles. The van der Waals surface area contributed by atoms with Crippen LogP contribution in [0.3, 0.4) is 0 Å². The molecule has 0 bridgehead atoms. The van der Waals surface area contributed by atoms with E-state index in [1.165, 1.54) is 44.3 Å². The van der Waals surface area contributed by atoms with Gasteiger partial charge in [0.25, 0.3) is 5.91 Å². The van der Waals surface area contributed by atoms with Gasteiger partial charge in [-0.1, -0.05) is 37.5 Å². The number of fused-ring (bicyclic) bond motifs is 5. The molecular formula is C28H36N4O4S. The minimum Gasteiger partial charge on any atom is -0.497 e. The number of methoxy groups -OCH3 is 1. The second-order valence-corrected chi connectivity index (χ2v) is 12.3. The fourth-order valence-corrected chi connectivity index (χ4v) is 6.44. The van der Waals surface area contributed by atoms with Crippen LogP contribution in [0.25, 0.3) is 22.2 Å². The molecule has 1 aromatic heterocycles. The number of carbonyl (C=O) groups excluding carboxylic acids is 1. The van der Waals surface area contributed by atoms with E-state index in [-0.39, 0.29) is 0 Å². The van der Waals surface area contributed by atoms with Crippen molar-refractivity contribution >= 4 is 27.0 Å². The van der Waals surface area contributed by atoms with Crippen molar-refractivity contribution in [1.82, 2.24) is 18.5 Å². The monoisotopic (exact) mass is 524 g/mol. The molecule has 1 saturated carbocycles. The maximum absolute atomic E-state index is 13.7. The van der Waals surface area contributed by atoms with Gasteiger partial charge >= 0.3 is 10.2 Å². The van der Waals surface area contributed by atoms with Crippen LogP contribution in [0.5, 0.6) is 5.75 Å². The van der Waals surface area contributed by atoms with Crippen LogP contribution in [0, 0.1) is 0 Å². The number of para-hydroxylation sites is 1. The van der Waals surface area contributed by atoms with Crippen LogP contribution in [0.4, 0.5) is 0 Å². The van der Waals surface area contributed by atoms with Crippen molar-refractivity contribution in [1.29, 1.82) is 0 Å². The van der Waals surface area contributed by atoms with Gasteiger partial charge in [0, 0.05) is 50.2 Å². The Morgan fingerprint density at radius 2 is 1.81 bits per heavy atom. The van der Waals surface area contributed by atoms with E-state index in [0.717, 1.165) is 52.6 Å². The van der Waals surface area contributed by atoms with Gasteiger partial charge in [-0.3, -0.25) is 4.79 Å². The molecule has 2 aromatic carbocycles. The average molecular weight is 525 g/mol. The van der Waals surface area contributed by atoms with Gasteiger partial charge in [0.15, 0.2) is 0 Å². The lowest BCUT2D eigenvalue weighted by atomic mass is 9.80. The van der Waals surface area contributed by atoms with Gasteiger partial charge in [0.05, 0.1) is 18.4 Å². The van der Waals surface area contributed by atoms with Gasteiger partial charge < -0.3 is 14.2 Å². The Balaban J connectivity index is 1.84. The third kappa shape index (κ3) is 4.76. The molecule has 0 saturated heterocycles. The van der Waals surface area contributed by atoms with Gasteiger partial charge in [-0.2, -0.15) is 12.7 Å². The summed E-state index contributed by atoms with van der Waals surface area (Å²) in [7, 11) is 2.46. The number of hydrogen-bond donors (Lipinski definition) is 1. The molecule has 37 heavy (non-hydrogen) atoms. The Morgan fingerprint density at radius 3 is 2.51 bits per heavy atom. The summed E-state index contributed by atoms with van der Waals surface area (Å²) in [6.07, 6.45) is 5.86. The molecule has 2 heterocycles. The molecular weight excluding hydrogens is 488 g/mol. The van der Waals surface area contributed by atoms with Crippen LogP contribution in [0.1, 0.15) is 59.5 Å². The van der Waals surface area contributed by atoms with Gasteiger partial charge in [-0.15, -0.1) is 0 Å². The molecule has 1 N–H and O–H groups in total. The third-order valence-electron chi connectivity index (χ3n) is 7.78. The van der Waals surface area contributed by atoms with Gasteiger partial charge in [0.1, 0.15) is 5.75 Å². The van der Waals surface area contributed by atoms with E-state index in [4.69, 9.17) is 4.74 Å². The summed E-state index contributed by atoms with van der Waals surface area (Å²) in [5.74, 6) is 0.268. The number of rotatable bonds is 5. The summed E-state index contributed by atoms with van der Waals surface area (Å²) >= 11 is 0. The number of nitrogens with zero attached hydrogens (tertiary/aromatic N) is 3. The first kappa shape index (κ1) is 25.8. The molecule has 0 atom stereocenters. The summed E-state index contributed by atoms with van der Waals surface area (Å²) in [5.41, 5.74) is 5.56. The van der Waals surface area contributed by atoms with Crippen LogP contribution in [0.15, 0.2) is 36.4 Å². The van der Waals surface area contributed by atoms with Crippen molar-refractivity contribution in [2.45, 2.75) is 51.1 Å². The largest absolute Gasteiger partial charge is 0.497 e. The predicted octanol–water partition coefficient (Wildman–Crippen LogP) is 4.35. The van der Waals surface area contributed by atoms with Crippen molar-refractivity contribution in [3.05, 3.63) is 53.1 Å². The minimum atomic E-state index is -3.98. The van der Waals surface area contributed by atoms with E-state index >= 15 is 0 Å². The van der Waals surface area contributed by atoms with Crippen molar-refractivity contribution in [2.75, 3.05) is 34.8 Å². The van der Waals surface area contributed by atoms with Crippen molar-refractivity contribution in [2.24, 2.45) is 0 Å². The quantitative estimate of drug-likeness (QED) is 0.537. The van der Waals surface area contributed by atoms with Crippen LogP contribution in [0.2, 0.25) is 0 Å². The zero-order valence-electron chi connectivity index (χ0n) is 22.1. The Kier molecular flexibility index (Phi) is 7.04. The van der Waals surface area contributed by atoms with Gasteiger partial charge in [0.2, 0.25) is 0 Å². The summed E-state index contributed by atoms with van der Waals surface area (Å²) in [6.45, 7) is 2.25. The zero-order valence-corrected chi connectivity index (χ0v) is 22.9. The first-order valence-electron chi connectivity index (χ1n) is 13.0. The molecule has 0 spiro atoms. The number of hydrogen-bond acceptors (Lipinski definition) is 5. The van der Waals surface area contributed by atoms with Gasteiger partial charge in [-0.05, 0) is 55.1 Å². The highest BCUT2D eigenvalue weighted by atomic mass is 32.2. The van der Waals surface area contributed by atoms with Crippen molar-refractivity contribution in [3.8, 4) is 17.0 Å². The number of likely N-dealkylation sites (N-methyl/N-ethyl adjacent to an activating group) is 1. The molecule has 2 aliphatic rings. The molecule has 8 nitrogen and oxygen atoms in total. The number of carbonyl (C=O) groups is 1. The fourth-order valence-electron chi connectivity index (χ4n) is 5.91. The normalized spacial score (nSPS) is 17.2. The Labute approximate surface area is 219 Å². The lowest BCUT2D eigenvalue weighted by molar-refractivity contribution is 0.0979. The molecule has 198 valence electrons. The molecule has 0 radical (unpaired) electrons. The summed E-state index contributed by atoms with van der Waals surface area (Å²) in [6, 6.07) is 12.2. The van der Waals surface area contributed by atoms with E-state index in [2.05, 4.69) is 45.5 Å².